The number of nitrogen functional groups attached to an aromatic ring is 1. The third-order valence-corrected chi connectivity index (χ3v) is 4.56. The number of nitrogens with one attached hydrogen (secondary N) is 1. The molecule has 9 heteroatoms. The smallest absolute Gasteiger partial charge is 0.350 e. The Bertz CT molecular complexity index is 541. The Balaban J connectivity index is 3.09. The number of thiophene rings is 1. The van der Waals surface area contributed by atoms with Gasteiger partial charge in [-0.25, -0.2) is 4.79 Å². The first-order chi connectivity index (χ1) is 9.40. The first-order valence-electron chi connectivity index (χ1n) is 5.38. The van der Waals surface area contributed by atoms with Gasteiger partial charge in [0.15, 0.2) is 0 Å². The molecule has 0 atom stereocenters. The van der Waals surface area contributed by atoms with Crippen molar-refractivity contribution in [2.24, 2.45) is 0 Å². The van der Waals surface area contributed by atoms with Crippen LogP contribution in [0.5, 0.6) is 0 Å². The molecule has 3 N–H and O–H groups in total. The fraction of sp³-hybridized carbons (Fsp3) is 0.364. The van der Waals surface area contributed by atoms with Crippen LogP contribution in [0.2, 0.25) is 0 Å². The number of ether oxygens (including phenoxy) is 2. The highest BCUT2D eigenvalue weighted by Crippen LogP contribution is 2.42. The van der Waals surface area contributed by atoms with Gasteiger partial charge in [0.2, 0.25) is 5.91 Å². The first kappa shape index (κ1) is 16.3. The number of nitrogens with two attached hydrogens (primary N) is 1. The van der Waals surface area contributed by atoms with Crippen molar-refractivity contribution in [3.63, 3.8) is 0 Å². The summed E-state index contributed by atoms with van der Waals surface area (Å²) in [5, 5.41) is 2.55. The van der Waals surface area contributed by atoms with Crippen LogP contribution in [0.15, 0.2) is 4.21 Å². The molecule has 0 fully saturated rings. The van der Waals surface area contributed by atoms with Gasteiger partial charge in [0.25, 0.3) is 0 Å². The van der Waals surface area contributed by atoms with E-state index >= 15 is 0 Å². The zero-order valence-electron chi connectivity index (χ0n) is 11.1. The highest BCUT2D eigenvalue weighted by atomic mass is 32.2. The number of hydrogen-bond acceptors (Lipinski definition) is 8. The maximum atomic E-state index is 11.6. The molecule has 0 bridgehead atoms. The summed E-state index contributed by atoms with van der Waals surface area (Å²) >= 11 is 2.18. The van der Waals surface area contributed by atoms with E-state index in [1.807, 2.05) is 0 Å². The molecule has 0 saturated carbocycles. The summed E-state index contributed by atoms with van der Waals surface area (Å²) in [6, 6.07) is 0. The average molecular weight is 318 g/mol. The van der Waals surface area contributed by atoms with Crippen molar-refractivity contribution in [2.75, 3.05) is 31.0 Å². The lowest BCUT2D eigenvalue weighted by atomic mass is 10.3. The van der Waals surface area contributed by atoms with Gasteiger partial charge < -0.3 is 20.5 Å². The van der Waals surface area contributed by atoms with E-state index in [0.717, 1.165) is 23.1 Å². The van der Waals surface area contributed by atoms with E-state index in [0.29, 0.717) is 9.90 Å². The van der Waals surface area contributed by atoms with E-state index in [4.69, 9.17) is 5.73 Å². The van der Waals surface area contributed by atoms with Crippen LogP contribution >= 0.6 is 23.1 Å². The average Bonchev–Trinajstić information content (AvgIpc) is 2.72. The molecule has 0 aliphatic carbocycles. The number of hydrogen-bond donors (Lipinski definition) is 2. The molecule has 20 heavy (non-hydrogen) atoms. The second-order valence-corrected chi connectivity index (χ2v) is 5.81. The van der Waals surface area contributed by atoms with Gasteiger partial charge in [0.05, 0.1) is 35.6 Å². The summed E-state index contributed by atoms with van der Waals surface area (Å²) in [6.07, 6.45) is 0. The van der Waals surface area contributed by atoms with E-state index < -0.39 is 11.9 Å². The minimum Gasteiger partial charge on any atom is -0.468 e. The van der Waals surface area contributed by atoms with Crippen LogP contribution in [0.1, 0.15) is 16.6 Å². The van der Waals surface area contributed by atoms with Crippen molar-refractivity contribution >= 4 is 52.3 Å². The molecule has 0 aliphatic rings. The zero-order chi connectivity index (χ0) is 15.3. The van der Waals surface area contributed by atoms with E-state index in [2.05, 4.69) is 14.8 Å². The number of amides is 1. The Morgan fingerprint density at radius 2 is 1.95 bits per heavy atom. The van der Waals surface area contributed by atoms with E-state index in [1.54, 1.807) is 0 Å². The second-order valence-electron chi connectivity index (χ2n) is 3.54. The van der Waals surface area contributed by atoms with Crippen molar-refractivity contribution in [3.8, 4) is 0 Å². The van der Waals surface area contributed by atoms with Crippen molar-refractivity contribution in [2.45, 2.75) is 11.1 Å². The monoisotopic (exact) mass is 318 g/mol. The van der Waals surface area contributed by atoms with Crippen molar-refractivity contribution in [1.82, 2.24) is 0 Å². The molecule has 1 aromatic rings. The number of methoxy groups -OCH3 is 2. The van der Waals surface area contributed by atoms with Gasteiger partial charge in [-0.15, -0.1) is 23.1 Å². The number of carbonyl (C=O) groups is 3. The Hall–Kier alpha value is -1.74. The fourth-order valence-electron chi connectivity index (χ4n) is 1.25. The molecule has 1 heterocycles. The van der Waals surface area contributed by atoms with Gasteiger partial charge in [-0.3, -0.25) is 9.59 Å². The Labute approximate surface area is 123 Å². The van der Waals surface area contributed by atoms with Crippen LogP contribution in [0, 0.1) is 0 Å². The molecule has 110 valence electrons. The molecule has 1 aromatic heterocycles. The zero-order valence-corrected chi connectivity index (χ0v) is 12.8. The maximum absolute atomic E-state index is 11.6. The number of carbonyl (C=O) groups excluding carboxylic acids is 3. The summed E-state index contributed by atoms with van der Waals surface area (Å²) in [6.45, 7) is 1.32. The standard InChI is InChI=1S/C11H14N2O5S2/c1-5(14)13-8-7(12)9(10(16)18-3)20-11(8)19-4-6(15)17-2/h4,12H2,1-3H3,(H,13,14). The molecule has 0 aliphatic heterocycles. The third-order valence-electron chi connectivity index (χ3n) is 2.13. The molecule has 0 radical (unpaired) electrons. The Morgan fingerprint density at radius 1 is 1.30 bits per heavy atom. The van der Waals surface area contributed by atoms with E-state index in [1.165, 1.54) is 21.1 Å². The van der Waals surface area contributed by atoms with Crippen molar-refractivity contribution in [1.29, 1.82) is 0 Å². The fourth-order valence-corrected chi connectivity index (χ4v) is 3.41. The normalized spacial score (nSPS) is 9.95. The summed E-state index contributed by atoms with van der Waals surface area (Å²) < 4.78 is 9.69. The maximum Gasteiger partial charge on any atom is 0.350 e. The van der Waals surface area contributed by atoms with Gasteiger partial charge in [-0.1, -0.05) is 0 Å². The predicted molar refractivity (Wildman–Crippen MR) is 77.1 cm³/mol. The van der Waals surface area contributed by atoms with Crippen LogP contribution in [0.3, 0.4) is 0 Å². The highest BCUT2D eigenvalue weighted by Gasteiger charge is 2.23. The van der Waals surface area contributed by atoms with E-state index in [9.17, 15) is 14.4 Å². The number of thioether (sulfide) groups is 1. The molecule has 0 aromatic carbocycles. The lowest BCUT2D eigenvalue weighted by Gasteiger charge is -2.05. The lowest BCUT2D eigenvalue weighted by Crippen LogP contribution is -2.09. The topological polar surface area (TPSA) is 108 Å². The minimum absolute atomic E-state index is 0.0453. The van der Waals surface area contributed by atoms with Gasteiger partial charge in [0, 0.05) is 6.92 Å². The predicted octanol–water partition coefficient (Wildman–Crippen LogP) is 1.34. The SMILES string of the molecule is COC(=O)CSc1sc(C(=O)OC)c(N)c1NC(C)=O. The van der Waals surface area contributed by atoms with Gasteiger partial charge in [-0.05, 0) is 0 Å². The number of rotatable bonds is 5. The van der Waals surface area contributed by atoms with Gasteiger partial charge in [0.1, 0.15) is 4.88 Å². The lowest BCUT2D eigenvalue weighted by molar-refractivity contribution is -0.137. The summed E-state index contributed by atoms with van der Waals surface area (Å²) in [7, 11) is 2.51. The highest BCUT2D eigenvalue weighted by molar-refractivity contribution is 8.02. The van der Waals surface area contributed by atoms with Crippen molar-refractivity contribution in [3.05, 3.63) is 4.88 Å². The van der Waals surface area contributed by atoms with Crippen LogP contribution in [0.25, 0.3) is 0 Å². The Morgan fingerprint density at radius 3 is 2.45 bits per heavy atom. The number of anilines is 2. The third kappa shape index (κ3) is 3.87. The van der Waals surface area contributed by atoms with Gasteiger partial charge >= 0.3 is 11.9 Å². The molecule has 7 nitrogen and oxygen atoms in total. The van der Waals surface area contributed by atoms with Gasteiger partial charge in [-0.2, -0.15) is 0 Å². The molecule has 0 spiro atoms. The van der Waals surface area contributed by atoms with Crippen LogP contribution in [-0.2, 0) is 19.1 Å². The molecule has 0 saturated heterocycles. The van der Waals surface area contributed by atoms with Crippen LogP contribution < -0.4 is 11.1 Å². The molecular formula is C11H14N2O5S2. The van der Waals surface area contributed by atoms with Crippen LogP contribution in [0.4, 0.5) is 11.4 Å². The molecule has 1 amide bonds. The van der Waals surface area contributed by atoms with Crippen LogP contribution in [-0.4, -0.2) is 37.8 Å². The molecule has 1 rings (SSSR count). The largest absolute Gasteiger partial charge is 0.468 e. The number of esters is 2. The second kappa shape index (κ2) is 7.15. The summed E-state index contributed by atoms with van der Waals surface area (Å²) in [5.41, 5.74) is 6.28. The summed E-state index contributed by atoms with van der Waals surface area (Å²) in [5.74, 6) is -1.30. The van der Waals surface area contributed by atoms with Crippen molar-refractivity contribution < 1.29 is 23.9 Å². The van der Waals surface area contributed by atoms with E-state index in [-0.39, 0.29) is 22.2 Å². The quantitative estimate of drug-likeness (QED) is 0.623. The molecule has 0 unspecified atom stereocenters. The first-order valence-corrected chi connectivity index (χ1v) is 7.18. The molecular weight excluding hydrogens is 304 g/mol. The summed E-state index contributed by atoms with van der Waals surface area (Å²) in [4.78, 5) is 34.1. The minimum atomic E-state index is -0.593. The Kier molecular flexibility index (Phi) is 5.83.